The van der Waals surface area contributed by atoms with E-state index in [0.717, 1.165) is 0 Å². The Morgan fingerprint density at radius 2 is 1.44 bits per heavy atom. The number of hydrogen-bond donors (Lipinski definition) is 0. The molecule has 0 aliphatic carbocycles. The summed E-state index contributed by atoms with van der Waals surface area (Å²) in [7, 11) is 0. The molecule has 1 heterocycles. The zero-order chi connectivity index (χ0) is 6.95. The largest absolute Gasteiger partial charge is 0.295 e. The Labute approximate surface area is 57.1 Å². The molecule has 1 rings (SSSR count). The fourth-order valence-electron chi connectivity index (χ4n) is 0.227. The summed E-state index contributed by atoms with van der Waals surface area (Å²) in [6.07, 6.45) is 0.389. The molecule has 1 aromatic heterocycles. The Morgan fingerprint density at radius 3 is 1.56 bits per heavy atom. The summed E-state index contributed by atoms with van der Waals surface area (Å²) in [5, 5.41) is 4.08. The van der Waals surface area contributed by atoms with Crippen molar-refractivity contribution < 1.29 is 9.59 Å². The number of aldehydes is 2. The van der Waals surface area contributed by atoms with Gasteiger partial charge >= 0.3 is 0 Å². The molecule has 0 atom stereocenters. The first-order chi connectivity index (χ1) is 4.41. The Balaban J connectivity index is 0.000000148. The summed E-state index contributed by atoms with van der Waals surface area (Å²) in [6, 6.07) is 4.04. The van der Waals surface area contributed by atoms with Gasteiger partial charge in [0.1, 0.15) is 0 Å². The first-order valence-electron chi connectivity index (χ1n) is 2.28. The molecule has 3 heteroatoms. The third-order valence-corrected chi connectivity index (χ3v) is 1.11. The fourth-order valence-corrected chi connectivity index (χ4v) is 0.680. The van der Waals surface area contributed by atoms with Crippen molar-refractivity contribution in [1.82, 2.24) is 0 Å². The van der Waals surface area contributed by atoms with Crippen LogP contribution in [0.4, 0.5) is 0 Å². The number of hydrogen-bond acceptors (Lipinski definition) is 3. The molecule has 1 aromatic rings. The standard InChI is InChI=1S/C4H4S.C2H2O2/c1-2-4-5-3-1;3-1-2-4/h1-4H;1-2H. The van der Waals surface area contributed by atoms with Crippen molar-refractivity contribution in [2.75, 3.05) is 0 Å². The van der Waals surface area contributed by atoms with E-state index in [1.165, 1.54) is 0 Å². The monoisotopic (exact) mass is 142 g/mol. The number of carbonyl (C=O) groups is 2. The number of rotatable bonds is 1. The molecule has 0 aliphatic rings. The topological polar surface area (TPSA) is 34.1 Å². The molecular weight excluding hydrogens is 136 g/mol. The van der Waals surface area contributed by atoms with Crippen LogP contribution in [0.3, 0.4) is 0 Å². The van der Waals surface area contributed by atoms with Crippen LogP contribution in [-0.2, 0) is 9.59 Å². The number of thiophene rings is 1. The van der Waals surface area contributed by atoms with E-state index < -0.39 is 0 Å². The predicted octanol–water partition coefficient (Wildman–Crippen LogP) is 1.13. The van der Waals surface area contributed by atoms with Gasteiger partial charge in [-0.1, -0.05) is 12.1 Å². The number of carbonyl (C=O) groups excluding carboxylic acids is 2. The predicted molar refractivity (Wildman–Crippen MR) is 36.4 cm³/mol. The van der Waals surface area contributed by atoms with Crippen LogP contribution in [0.25, 0.3) is 0 Å². The maximum Gasteiger partial charge on any atom is 0.182 e. The van der Waals surface area contributed by atoms with E-state index in [0.29, 0.717) is 0 Å². The zero-order valence-electron chi connectivity index (χ0n) is 4.69. The minimum atomic E-state index is 0.194. The highest BCUT2D eigenvalue weighted by atomic mass is 32.1. The van der Waals surface area contributed by atoms with Gasteiger partial charge in [0, 0.05) is 0 Å². The highest BCUT2D eigenvalue weighted by Crippen LogP contribution is 1.91. The molecule has 0 unspecified atom stereocenters. The van der Waals surface area contributed by atoms with Crippen molar-refractivity contribution in [2.24, 2.45) is 0 Å². The van der Waals surface area contributed by atoms with Gasteiger partial charge in [-0.15, -0.1) is 0 Å². The van der Waals surface area contributed by atoms with Crippen LogP contribution in [0, 0.1) is 0 Å². The minimum absolute atomic E-state index is 0.194. The van der Waals surface area contributed by atoms with Gasteiger partial charge in [-0.25, -0.2) is 0 Å². The zero-order valence-corrected chi connectivity index (χ0v) is 5.51. The summed E-state index contributed by atoms with van der Waals surface area (Å²) in [5.41, 5.74) is 0. The van der Waals surface area contributed by atoms with Gasteiger partial charge < -0.3 is 0 Å². The van der Waals surface area contributed by atoms with Crippen LogP contribution < -0.4 is 0 Å². The second-order valence-electron chi connectivity index (χ2n) is 1.07. The van der Waals surface area contributed by atoms with Crippen molar-refractivity contribution in [1.29, 1.82) is 0 Å². The van der Waals surface area contributed by atoms with Gasteiger partial charge in [0.15, 0.2) is 12.6 Å². The second-order valence-corrected chi connectivity index (χ2v) is 1.88. The normalized spacial score (nSPS) is 6.67. The maximum absolute atomic E-state index is 8.81. The highest BCUT2D eigenvalue weighted by molar-refractivity contribution is 7.07. The summed E-state index contributed by atoms with van der Waals surface area (Å²) < 4.78 is 0. The SMILES string of the molecule is O=CC=O.c1ccsc1. The van der Waals surface area contributed by atoms with E-state index in [1.807, 2.05) is 22.9 Å². The van der Waals surface area contributed by atoms with Crippen molar-refractivity contribution >= 4 is 23.9 Å². The van der Waals surface area contributed by atoms with Gasteiger partial charge in [0.25, 0.3) is 0 Å². The molecule has 0 aliphatic heterocycles. The van der Waals surface area contributed by atoms with Gasteiger partial charge in [-0.3, -0.25) is 9.59 Å². The van der Waals surface area contributed by atoms with E-state index in [9.17, 15) is 0 Å². The lowest BCUT2D eigenvalue weighted by Gasteiger charge is -1.39. The summed E-state index contributed by atoms with van der Waals surface area (Å²) in [4.78, 5) is 17.6. The lowest BCUT2D eigenvalue weighted by Crippen LogP contribution is -1.62. The Bertz CT molecular complexity index is 123. The van der Waals surface area contributed by atoms with E-state index in [4.69, 9.17) is 9.59 Å². The van der Waals surface area contributed by atoms with Crippen LogP contribution in [0.2, 0.25) is 0 Å². The Kier molecular flexibility index (Phi) is 6.29. The third-order valence-electron chi connectivity index (χ3n) is 0.481. The summed E-state index contributed by atoms with van der Waals surface area (Å²) in [5.74, 6) is 0. The molecule has 0 saturated carbocycles. The molecule has 0 saturated heterocycles. The smallest absolute Gasteiger partial charge is 0.182 e. The van der Waals surface area contributed by atoms with E-state index in [1.54, 1.807) is 11.3 Å². The van der Waals surface area contributed by atoms with Gasteiger partial charge in [0.2, 0.25) is 0 Å². The molecule has 48 valence electrons. The van der Waals surface area contributed by atoms with Gasteiger partial charge in [-0.2, -0.15) is 11.3 Å². The molecular formula is C6H6O2S. The highest BCUT2D eigenvalue weighted by Gasteiger charge is 1.58. The molecule has 9 heavy (non-hydrogen) atoms. The van der Waals surface area contributed by atoms with Crippen molar-refractivity contribution in [3.63, 3.8) is 0 Å². The van der Waals surface area contributed by atoms with E-state index in [2.05, 4.69) is 0 Å². The van der Waals surface area contributed by atoms with Crippen LogP contribution >= 0.6 is 11.3 Å². The molecule has 0 N–H and O–H groups in total. The van der Waals surface area contributed by atoms with Crippen LogP contribution in [-0.4, -0.2) is 12.6 Å². The maximum atomic E-state index is 8.81. The molecule has 0 radical (unpaired) electrons. The molecule has 2 nitrogen and oxygen atoms in total. The first-order valence-corrected chi connectivity index (χ1v) is 3.22. The van der Waals surface area contributed by atoms with Crippen molar-refractivity contribution in [3.8, 4) is 0 Å². The minimum Gasteiger partial charge on any atom is -0.295 e. The average Bonchev–Trinajstić information content (AvgIpc) is 2.43. The lowest BCUT2D eigenvalue weighted by molar-refractivity contribution is -0.122. The van der Waals surface area contributed by atoms with Crippen molar-refractivity contribution in [3.05, 3.63) is 22.9 Å². The molecule has 0 spiro atoms. The van der Waals surface area contributed by atoms with Crippen LogP contribution in [0.1, 0.15) is 0 Å². The summed E-state index contributed by atoms with van der Waals surface area (Å²) in [6.45, 7) is 0. The van der Waals surface area contributed by atoms with Crippen molar-refractivity contribution in [2.45, 2.75) is 0 Å². The third kappa shape index (κ3) is 7.04. The molecule has 0 bridgehead atoms. The van der Waals surface area contributed by atoms with Gasteiger partial charge in [-0.05, 0) is 10.8 Å². The average molecular weight is 142 g/mol. The Hall–Kier alpha value is -0.960. The first kappa shape index (κ1) is 8.04. The lowest BCUT2D eigenvalue weighted by atomic mass is 10.7. The van der Waals surface area contributed by atoms with E-state index >= 15 is 0 Å². The summed E-state index contributed by atoms with van der Waals surface area (Å²) >= 11 is 1.71. The van der Waals surface area contributed by atoms with Gasteiger partial charge in [0.05, 0.1) is 0 Å². The second kappa shape index (κ2) is 7.04. The molecule has 0 amide bonds. The fraction of sp³-hybridized carbons (Fsp3) is 0. The molecule has 0 aromatic carbocycles. The Morgan fingerprint density at radius 1 is 1.00 bits per heavy atom. The van der Waals surface area contributed by atoms with Crippen LogP contribution in [0.15, 0.2) is 22.9 Å². The molecule has 0 fully saturated rings. The quantitative estimate of drug-likeness (QED) is 0.435. The van der Waals surface area contributed by atoms with E-state index in [-0.39, 0.29) is 12.6 Å². The van der Waals surface area contributed by atoms with Crippen LogP contribution in [0.5, 0.6) is 0 Å².